The Hall–Kier alpha value is -3.89. The standard InChI is InChI=1S/C31H37N9O/c1-33-20-6-7-24-25(14-20)39(21-15-22(41)16-21)12-13-40(24)30-27-29(36-37-30)35-26(18-34-27)38-10-8-31(9-11-38)17-19-4-2-3-5-23(19)28(31)32/h2-7,14,18,21-22,28,33,41H,8-13,15-17,32H2,1H3,(H,35,36,37). The highest BCUT2D eigenvalue weighted by molar-refractivity contribution is 5.91. The molecule has 41 heavy (non-hydrogen) atoms. The summed E-state index contributed by atoms with van der Waals surface area (Å²) in [7, 11) is 1.94. The first-order valence-electron chi connectivity index (χ1n) is 14.9. The number of nitrogens with zero attached hydrogens (tertiary/aromatic N) is 6. The zero-order valence-electron chi connectivity index (χ0n) is 23.4. The first-order chi connectivity index (χ1) is 20.0. The van der Waals surface area contributed by atoms with Crippen molar-refractivity contribution < 1.29 is 5.11 Å². The van der Waals surface area contributed by atoms with Crippen molar-refractivity contribution in [1.82, 2.24) is 20.2 Å². The van der Waals surface area contributed by atoms with Crippen molar-refractivity contribution in [3.05, 3.63) is 59.8 Å². The van der Waals surface area contributed by atoms with E-state index in [1.165, 1.54) is 11.1 Å². The van der Waals surface area contributed by atoms with E-state index < -0.39 is 0 Å². The molecule has 8 rings (SSSR count). The number of piperidine rings is 1. The lowest BCUT2D eigenvalue weighted by Crippen LogP contribution is -2.52. The molecule has 4 aliphatic rings. The summed E-state index contributed by atoms with van der Waals surface area (Å²) in [5, 5.41) is 21.1. The Kier molecular flexibility index (Phi) is 5.65. The predicted octanol–water partition coefficient (Wildman–Crippen LogP) is 3.72. The largest absolute Gasteiger partial charge is 0.393 e. The molecule has 10 nitrogen and oxygen atoms in total. The molecule has 0 bridgehead atoms. The fourth-order valence-corrected chi connectivity index (χ4v) is 7.61. The van der Waals surface area contributed by atoms with Crippen molar-refractivity contribution in [1.29, 1.82) is 0 Å². The summed E-state index contributed by atoms with van der Waals surface area (Å²) < 4.78 is 0. The third-order valence-corrected chi connectivity index (χ3v) is 10.1. The van der Waals surface area contributed by atoms with Gasteiger partial charge in [-0.3, -0.25) is 5.10 Å². The number of hydrogen-bond donors (Lipinski definition) is 4. The number of H-pyrrole nitrogens is 1. The van der Waals surface area contributed by atoms with Gasteiger partial charge in [0.25, 0.3) is 0 Å². The molecule has 1 spiro atoms. The highest BCUT2D eigenvalue weighted by Gasteiger charge is 2.46. The number of nitrogens with two attached hydrogens (primary N) is 1. The number of aliphatic hydroxyl groups excluding tert-OH is 1. The molecule has 1 saturated heterocycles. The fraction of sp³-hybridized carbons (Fsp3) is 0.452. The number of hydrogen-bond acceptors (Lipinski definition) is 9. The number of aliphatic hydroxyl groups is 1. The third-order valence-electron chi connectivity index (χ3n) is 10.1. The van der Waals surface area contributed by atoms with Crippen LogP contribution >= 0.6 is 0 Å². The van der Waals surface area contributed by atoms with E-state index in [1.54, 1.807) is 0 Å². The highest BCUT2D eigenvalue weighted by Crippen LogP contribution is 2.51. The van der Waals surface area contributed by atoms with E-state index in [2.05, 4.69) is 67.6 Å². The van der Waals surface area contributed by atoms with Gasteiger partial charge in [0.2, 0.25) is 0 Å². The van der Waals surface area contributed by atoms with Crippen molar-refractivity contribution in [2.45, 2.75) is 50.3 Å². The van der Waals surface area contributed by atoms with E-state index >= 15 is 0 Å². The Balaban J connectivity index is 1.04. The van der Waals surface area contributed by atoms with Crippen molar-refractivity contribution >= 4 is 39.9 Å². The number of aromatic amines is 1. The zero-order chi connectivity index (χ0) is 27.7. The van der Waals surface area contributed by atoms with E-state index in [-0.39, 0.29) is 17.6 Å². The van der Waals surface area contributed by atoms with Crippen LogP contribution in [0.25, 0.3) is 11.2 Å². The van der Waals surface area contributed by atoms with Crippen molar-refractivity contribution in [2.75, 3.05) is 53.2 Å². The van der Waals surface area contributed by atoms with Crippen molar-refractivity contribution in [3.8, 4) is 0 Å². The van der Waals surface area contributed by atoms with Crippen LogP contribution in [0, 0.1) is 5.41 Å². The summed E-state index contributed by atoms with van der Waals surface area (Å²) in [6.07, 6.45) is 6.51. The molecule has 5 N–H and O–H groups in total. The van der Waals surface area contributed by atoms with Gasteiger partial charge in [-0.05, 0) is 66.8 Å². The number of fused-ring (bicyclic) bond motifs is 3. The molecule has 1 unspecified atom stereocenters. The summed E-state index contributed by atoms with van der Waals surface area (Å²) in [6, 6.07) is 15.6. The zero-order valence-corrected chi connectivity index (χ0v) is 23.4. The van der Waals surface area contributed by atoms with Gasteiger partial charge in [0, 0.05) is 51.0 Å². The summed E-state index contributed by atoms with van der Waals surface area (Å²) in [4.78, 5) is 16.9. The molecule has 2 aliphatic carbocycles. The number of anilines is 5. The molecular weight excluding hydrogens is 514 g/mol. The quantitative estimate of drug-likeness (QED) is 0.301. The Morgan fingerprint density at radius 3 is 2.66 bits per heavy atom. The average molecular weight is 552 g/mol. The summed E-state index contributed by atoms with van der Waals surface area (Å²) in [5.74, 6) is 1.69. The second-order valence-corrected chi connectivity index (χ2v) is 12.3. The average Bonchev–Trinajstić information content (AvgIpc) is 3.53. The smallest absolute Gasteiger partial charge is 0.183 e. The molecule has 1 atom stereocenters. The second-order valence-electron chi connectivity index (χ2n) is 12.3. The molecule has 212 valence electrons. The molecule has 2 aromatic heterocycles. The Morgan fingerprint density at radius 2 is 1.88 bits per heavy atom. The van der Waals surface area contributed by atoms with Gasteiger partial charge in [-0.2, -0.15) is 5.10 Å². The minimum atomic E-state index is -0.189. The van der Waals surface area contributed by atoms with Crippen molar-refractivity contribution in [2.24, 2.45) is 11.1 Å². The summed E-state index contributed by atoms with van der Waals surface area (Å²) in [6.45, 7) is 3.49. The first-order valence-corrected chi connectivity index (χ1v) is 14.9. The molecule has 1 saturated carbocycles. The van der Waals surface area contributed by atoms with E-state index in [9.17, 15) is 5.11 Å². The number of nitrogens with one attached hydrogen (secondary N) is 2. The lowest BCUT2D eigenvalue weighted by Gasteiger charge is -2.47. The number of benzene rings is 2. The van der Waals surface area contributed by atoms with Gasteiger partial charge < -0.3 is 30.9 Å². The van der Waals surface area contributed by atoms with Gasteiger partial charge in [0.05, 0.1) is 23.7 Å². The van der Waals surface area contributed by atoms with Crippen molar-refractivity contribution in [3.63, 3.8) is 0 Å². The van der Waals surface area contributed by atoms with Gasteiger partial charge in [0.15, 0.2) is 17.0 Å². The predicted molar refractivity (Wildman–Crippen MR) is 162 cm³/mol. The highest BCUT2D eigenvalue weighted by atomic mass is 16.3. The number of aromatic nitrogens is 4. The van der Waals surface area contributed by atoms with Crippen LogP contribution in [0.1, 0.15) is 42.9 Å². The van der Waals surface area contributed by atoms with Crippen LogP contribution in [0.2, 0.25) is 0 Å². The lowest BCUT2D eigenvalue weighted by atomic mass is 9.73. The number of rotatable bonds is 4. The van der Waals surface area contributed by atoms with E-state index in [1.807, 2.05) is 13.2 Å². The van der Waals surface area contributed by atoms with Crippen LogP contribution in [0.15, 0.2) is 48.7 Å². The van der Waals surface area contributed by atoms with Gasteiger partial charge in [-0.25, -0.2) is 9.97 Å². The SMILES string of the molecule is CNc1ccc2c(c1)N(C1CC(O)C1)CCN2c1n[nH]c2nc(N3CCC4(CC3)Cc3ccccc3C4N)cnc12. The molecule has 2 aromatic carbocycles. The maximum absolute atomic E-state index is 9.95. The minimum Gasteiger partial charge on any atom is -0.393 e. The summed E-state index contributed by atoms with van der Waals surface area (Å²) in [5.41, 5.74) is 14.5. The Morgan fingerprint density at radius 1 is 1.05 bits per heavy atom. The maximum Gasteiger partial charge on any atom is 0.183 e. The third kappa shape index (κ3) is 3.88. The van der Waals surface area contributed by atoms with Crippen LogP contribution < -0.4 is 25.8 Å². The van der Waals surface area contributed by atoms with Crippen LogP contribution in [-0.4, -0.2) is 70.6 Å². The van der Waals surface area contributed by atoms with Gasteiger partial charge in [-0.1, -0.05) is 24.3 Å². The molecule has 0 amide bonds. The van der Waals surface area contributed by atoms with Crippen LogP contribution in [-0.2, 0) is 6.42 Å². The molecule has 4 heterocycles. The molecular formula is C31H37N9O. The Labute approximate surface area is 239 Å². The van der Waals surface area contributed by atoms with Gasteiger partial charge in [0.1, 0.15) is 5.82 Å². The minimum absolute atomic E-state index is 0.103. The van der Waals surface area contributed by atoms with Gasteiger partial charge >= 0.3 is 0 Å². The Bertz CT molecular complexity index is 1600. The van der Waals surface area contributed by atoms with Crippen LogP contribution in [0.5, 0.6) is 0 Å². The fourth-order valence-electron chi connectivity index (χ4n) is 7.61. The molecule has 2 fully saturated rings. The monoisotopic (exact) mass is 551 g/mol. The van der Waals surface area contributed by atoms with E-state index in [0.717, 1.165) is 92.5 Å². The van der Waals surface area contributed by atoms with E-state index in [4.69, 9.17) is 20.8 Å². The summed E-state index contributed by atoms with van der Waals surface area (Å²) >= 11 is 0. The van der Waals surface area contributed by atoms with Crippen LogP contribution in [0.3, 0.4) is 0 Å². The first kappa shape index (κ1) is 24.9. The van der Waals surface area contributed by atoms with Crippen LogP contribution in [0.4, 0.5) is 28.7 Å². The second kappa shape index (κ2) is 9.32. The molecule has 2 aliphatic heterocycles. The maximum atomic E-state index is 9.95. The van der Waals surface area contributed by atoms with Gasteiger partial charge in [-0.15, -0.1) is 0 Å². The lowest BCUT2D eigenvalue weighted by molar-refractivity contribution is 0.0732. The molecule has 0 radical (unpaired) electrons. The normalized spacial score (nSPS) is 24.9. The van der Waals surface area contributed by atoms with E-state index in [0.29, 0.717) is 11.7 Å². The molecule has 10 heteroatoms. The topological polar surface area (TPSA) is 122 Å². The molecule has 4 aromatic rings.